The van der Waals surface area contributed by atoms with Crippen LogP contribution in [0.15, 0.2) is 42.5 Å². The van der Waals surface area contributed by atoms with Crippen molar-refractivity contribution in [3.8, 4) is 11.5 Å². The number of nitrogens with zero attached hydrogens (tertiary/aromatic N) is 5. The molecule has 3 aliphatic rings. The van der Waals surface area contributed by atoms with E-state index in [-0.39, 0.29) is 37.6 Å². The Kier molecular flexibility index (Phi) is 9.18. The minimum absolute atomic E-state index is 0.102. The van der Waals surface area contributed by atoms with Crippen LogP contribution in [0.3, 0.4) is 0 Å². The number of benzene rings is 1. The smallest absolute Gasteiger partial charge is 0.415 e. The highest BCUT2D eigenvalue weighted by atomic mass is 16.6. The number of anilines is 2. The fourth-order valence-corrected chi connectivity index (χ4v) is 6.55. The first-order valence-electron chi connectivity index (χ1n) is 16.4. The van der Waals surface area contributed by atoms with Crippen LogP contribution in [0.4, 0.5) is 21.2 Å². The lowest BCUT2D eigenvalue weighted by atomic mass is 10.1. The molecule has 254 valence electrons. The van der Waals surface area contributed by atoms with Crippen LogP contribution in [-0.2, 0) is 33.7 Å². The van der Waals surface area contributed by atoms with E-state index in [4.69, 9.17) is 23.9 Å². The number of pyridine rings is 2. The lowest BCUT2D eigenvalue weighted by Gasteiger charge is -2.30. The number of carbonyl (C=O) groups is 3. The summed E-state index contributed by atoms with van der Waals surface area (Å²) < 4.78 is 22.4. The molecule has 0 radical (unpaired) electrons. The van der Waals surface area contributed by atoms with Crippen molar-refractivity contribution in [3.05, 3.63) is 70.5 Å². The van der Waals surface area contributed by atoms with E-state index in [9.17, 15) is 14.4 Å². The Morgan fingerprint density at radius 3 is 2.56 bits per heavy atom. The van der Waals surface area contributed by atoms with Crippen molar-refractivity contribution in [1.29, 1.82) is 0 Å². The number of carbonyl (C=O) groups excluding carboxylic acids is 3. The van der Waals surface area contributed by atoms with Crippen LogP contribution < -0.4 is 19.3 Å². The number of fused-ring (bicyclic) bond motifs is 2. The van der Waals surface area contributed by atoms with E-state index in [0.29, 0.717) is 36.9 Å². The number of hydrogen-bond donors (Lipinski definition) is 0. The standard InChI is InChI=1S/C36H43N5O7/c1-22-15-26-16-25(17-29(26)23(2)37-22)18-39(34(43)48-36(3,4)5)14-13-28-20-40(35(44)47-28)31-12-11-30-33(38-31)41(32(42)21-46-30)19-24-7-9-27(45-6)10-8-24/h7-12,15,25,28H,13-14,16-21H2,1-6H3. The molecule has 2 atom stereocenters. The van der Waals surface area contributed by atoms with Gasteiger partial charge in [0.1, 0.15) is 23.3 Å². The maximum atomic E-state index is 13.4. The summed E-state index contributed by atoms with van der Waals surface area (Å²) in [7, 11) is 1.60. The van der Waals surface area contributed by atoms with Gasteiger partial charge in [0, 0.05) is 30.9 Å². The van der Waals surface area contributed by atoms with Gasteiger partial charge in [0.05, 0.1) is 20.2 Å². The second-order valence-corrected chi connectivity index (χ2v) is 13.7. The van der Waals surface area contributed by atoms with Crippen LogP contribution in [0.25, 0.3) is 0 Å². The molecule has 1 aromatic carbocycles. The molecule has 12 heteroatoms. The molecule has 2 aliphatic heterocycles. The molecule has 0 spiro atoms. The highest BCUT2D eigenvalue weighted by molar-refractivity contribution is 5.97. The van der Waals surface area contributed by atoms with Crippen LogP contribution in [0.5, 0.6) is 11.5 Å². The predicted molar refractivity (Wildman–Crippen MR) is 179 cm³/mol. The zero-order chi connectivity index (χ0) is 34.2. The van der Waals surface area contributed by atoms with Gasteiger partial charge in [-0.15, -0.1) is 0 Å². The van der Waals surface area contributed by atoms with Gasteiger partial charge in [0.15, 0.2) is 18.2 Å². The molecule has 0 N–H and O–H groups in total. The van der Waals surface area contributed by atoms with Crippen molar-refractivity contribution in [2.45, 2.75) is 72.1 Å². The largest absolute Gasteiger partial charge is 0.497 e. The van der Waals surface area contributed by atoms with Gasteiger partial charge in [-0.25, -0.2) is 14.6 Å². The van der Waals surface area contributed by atoms with Crippen molar-refractivity contribution < 1.29 is 33.3 Å². The number of hydrogen-bond acceptors (Lipinski definition) is 9. The summed E-state index contributed by atoms with van der Waals surface area (Å²) in [6.07, 6.45) is 0.761. The zero-order valence-electron chi connectivity index (χ0n) is 28.4. The molecule has 48 heavy (non-hydrogen) atoms. The molecule has 1 saturated heterocycles. The Bertz CT molecular complexity index is 1700. The summed E-state index contributed by atoms with van der Waals surface area (Å²) in [6, 6.07) is 13.0. The third kappa shape index (κ3) is 7.32. The van der Waals surface area contributed by atoms with Crippen LogP contribution >= 0.6 is 0 Å². The molecule has 12 nitrogen and oxygen atoms in total. The van der Waals surface area contributed by atoms with Crippen molar-refractivity contribution in [1.82, 2.24) is 14.9 Å². The topological polar surface area (TPSA) is 124 Å². The highest BCUT2D eigenvalue weighted by Crippen LogP contribution is 2.35. The fraction of sp³-hybridized carbons (Fsp3) is 0.472. The minimum Gasteiger partial charge on any atom is -0.497 e. The van der Waals surface area contributed by atoms with Crippen molar-refractivity contribution >= 4 is 29.7 Å². The molecule has 2 aromatic heterocycles. The Morgan fingerprint density at radius 1 is 1.06 bits per heavy atom. The van der Waals surface area contributed by atoms with E-state index >= 15 is 0 Å². The molecule has 6 rings (SSSR count). The van der Waals surface area contributed by atoms with Crippen molar-refractivity contribution in [3.63, 3.8) is 0 Å². The van der Waals surface area contributed by atoms with Gasteiger partial charge in [-0.3, -0.25) is 19.6 Å². The second kappa shape index (κ2) is 13.3. The van der Waals surface area contributed by atoms with Crippen molar-refractivity contribution in [2.75, 3.05) is 43.2 Å². The van der Waals surface area contributed by atoms with E-state index in [1.54, 1.807) is 29.0 Å². The number of methoxy groups -OCH3 is 1. The van der Waals surface area contributed by atoms with Gasteiger partial charge in [0.25, 0.3) is 5.91 Å². The number of rotatable bonds is 9. The average Bonchev–Trinajstić information content (AvgIpc) is 3.62. The number of aryl methyl sites for hydroxylation is 2. The van der Waals surface area contributed by atoms with Crippen LogP contribution in [-0.4, -0.2) is 78.0 Å². The molecule has 1 fully saturated rings. The van der Waals surface area contributed by atoms with Gasteiger partial charge in [-0.2, -0.15) is 0 Å². The summed E-state index contributed by atoms with van der Waals surface area (Å²) in [5.41, 5.74) is 4.85. The maximum Gasteiger partial charge on any atom is 0.415 e. The van der Waals surface area contributed by atoms with E-state index in [2.05, 4.69) is 11.1 Å². The molecule has 3 amide bonds. The highest BCUT2D eigenvalue weighted by Gasteiger charge is 2.37. The number of amides is 3. The van der Waals surface area contributed by atoms with E-state index in [1.807, 2.05) is 58.9 Å². The number of cyclic esters (lactones) is 1. The summed E-state index contributed by atoms with van der Waals surface area (Å²) in [4.78, 5) is 53.5. The van der Waals surface area contributed by atoms with Gasteiger partial charge >= 0.3 is 12.2 Å². The van der Waals surface area contributed by atoms with Gasteiger partial charge in [-0.05, 0) is 100 Å². The van der Waals surface area contributed by atoms with E-state index < -0.39 is 17.8 Å². The summed E-state index contributed by atoms with van der Waals surface area (Å²) >= 11 is 0. The van der Waals surface area contributed by atoms with E-state index in [0.717, 1.165) is 35.5 Å². The number of ether oxygens (including phenoxy) is 4. The fourth-order valence-electron chi connectivity index (χ4n) is 6.55. The van der Waals surface area contributed by atoms with Crippen LogP contribution in [0.2, 0.25) is 0 Å². The van der Waals surface area contributed by atoms with Crippen LogP contribution in [0, 0.1) is 19.8 Å². The molecular weight excluding hydrogens is 614 g/mol. The Balaban J connectivity index is 1.13. The molecule has 2 unspecified atom stereocenters. The van der Waals surface area contributed by atoms with Gasteiger partial charge in [-0.1, -0.05) is 12.1 Å². The molecule has 0 bridgehead atoms. The summed E-state index contributed by atoms with van der Waals surface area (Å²) in [6.45, 7) is 10.9. The third-order valence-electron chi connectivity index (χ3n) is 8.79. The minimum atomic E-state index is -0.646. The molecule has 3 aromatic rings. The Hall–Kier alpha value is -4.87. The van der Waals surface area contributed by atoms with Gasteiger partial charge in [0.2, 0.25) is 0 Å². The maximum absolute atomic E-state index is 13.4. The zero-order valence-corrected chi connectivity index (χ0v) is 28.4. The first-order chi connectivity index (χ1) is 22.9. The lowest BCUT2D eigenvalue weighted by Crippen LogP contribution is -2.41. The van der Waals surface area contributed by atoms with E-state index in [1.165, 1.54) is 16.0 Å². The van der Waals surface area contributed by atoms with Gasteiger partial charge < -0.3 is 23.8 Å². The molecular formula is C36H43N5O7. The average molecular weight is 658 g/mol. The molecule has 1 aliphatic carbocycles. The monoisotopic (exact) mass is 657 g/mol. The Labute approximate surface area is 280 Å². The van der Waals surface area contributed by atoms with Crippen LogP contribution in [0.1, 0.15) is 55.3 Å². The number of aromatic nitrogens is 2. The normalized spacial score (nSPS) is 18.6. The first-order valence-corrected chi connectivity index (χ1v) is 16.4. The lowest BCUT2D eigenvalue weighted by molar-refractivity contribution is -0.121. The quantitative estimate of drug-likeness (QED) is 0.298. The summed E-state index contributed by atoms with van der Waals surface area (Å²) in [5, 5.41) is 0. The summed E-state index contributed by atoms with van der Waals surface area (Å²) in [5.74, 6) is 1.87. The van der Waals surface area contributed by atoms with Crippen molar-refractivity contribution in [2.24, 2.45) is 5.92 Å². The predicted octanol–water partition coefficient (Wildman–Crippen LogP) is 5.40. The molecule has 4 heterocycles. The second-order valence-electron chi connectivity index (χ2n) is 13.7. The third-order valence-corrected chi connectivity index (χ3v) is 8.79. The first kappa shape index (κ1) is 33.0. The Morgan fingerprint density at radius 2 is 1.83 bits per heavy atom. The molecule has 0 saturated carbocycles. The SMILES string of the molecule is COc1ccc(CN2C(=O)COc3ccc(N4CC(CCN(CC5Cc6cc(C)nc(C)c6C5)C(=O)OC(C)(C)C)OC4=O)nc32)cc1.